The van der Waals surface area contributed by atoms with E-state index in [1.54, 1.807) is 0 Å². The fraction of sp³-hybridized carbons (Fsp3) is 0.300. The number of fused-ring (bicyclic) bond motifs is 1. The molecule has 12 heavy (non-hydrogen) atoms. The third kappa shape index (κ3) is 1.09. The van der Waals surface area contributed by atoms with Gasteiger partial charge in [-0.3, -0.25) is 0 Å². The van der Waals surface area contributed by atoms with Crippen LogP contribution < -0.4 is 0 Å². The quantitative estimate of drug-likeness (QED) is 0.604. The largest absolute Gasteiger partial charge is 0.346 e. The highest BCUT2D eigenvalue weighted by molar-refractivity contribution is 5.81. The lowest BCUT2D eigenvalue weighted by molar-refractivity contribution is 1.03. The number of nitrogens with zero attached hydrogens (tertiary/aromatic N) is 1. The van der Waals surface area contributed by atoms with Gasteiger partial charge >= 0.3 is 0 Å². The molecule has 2 nitrogen and oxygen atoms in total. The van der Waals surface area contributed by atoms with Gasteiger partial charge in [-0.2, -0.15) is 0 Å². The Morgan fingerprint density at radius 2 is 2.33 bits per heavy atom. The molecule has 1 aromatic heterocycles. The number of nitrogens with one attached hydrogen (secondary N) is 1. The summed E-state index contributed by atoms with van der Waals surface area (Å²) in [5.41, 5.74) is 2.52. The van der Waals surface area contributed by atoms with Crippen molar-refractivity contribution in [2.45, 2.75) is 13.8 Å². The summed E-state index contributed by atoms with van der Waals surface area (Å²) in [4.78, 5) is 7.46. The van der Waals surface area contributed by atoms with E-state index in [0.717, 1.165) is 5.82 Å². The van der Waals surface area contributed by atoms with Crippen LogP contribution in [-0.4, -0.2) is 11.2 Å². The second kappa shape index (κ2) is 2.63. The fourth-order valence-electron chi connectivity index (χ4n) is 1.50. The van der Waals surface area contributed by atoms with Gasteiger partial charge < -0.3 is 4.98 Å². The maximum absolute atomic E-state index is 4.35. The van der Waals surface area contributed by atoms with E-state index in [1.165, 1.54) is 11.1 Å². The first-order valence-electron chi connectivity index (χ1n) is 4.18. The van der Waals surface area contributed by atoms with Crippen LogP contribution in [0.5, 0.6) is 0 Å². The molecule has 0 amide bonds. The average Bonchev–Trinajstić information content (AvgIpc) is 2.43. The molecule has 1 aliphatic rings. The number of allylic oxidation sites excluding steroid dienone is 2. The van der Waals surface area contributed by atoms with Crippen molar-refractivity contribution in [1.82, 2.24) is 4.98 Å². The van der Waals surface area contributed by atoms with E-state index in [1.807, 2.05) is 12.4 Å². The highest BCUT2D eigenvalue weighted by Crippen LogP contribution is 2.27. The van der Waals surface area contributed by atoms with E-state index in [0.29, 0.717) is 5.92 Å². The molecule has 1 unspecified atom stereocenters. The molecule has 0 aliphatic carbocycles. The topological polar surface area (TPSA) is 28.1 Å². The summed E-state index contributed by atoms with van der Waals surface area (Å²) in [7, 11) is 0. The van der Waals surface area contributed by atoms with Crippen LogP contribution in [0.2, 0.25) is 0 Å². The number of aliphatic imine (C=N–C) groups is 1. The summed E-state index contributed by atoms with van der Waals surface area (Å²) in [5.74, 6) is 1.42. The smallest absolute Gasteiger partial charge is 0.137 e. The number of rotatable bonds is 0. The molecular formula is C10H12N2. The molecule has 1 aliphatic heterocycles. The minimum absolute atomic E-state index is 0.436. The molecule has 2 rings (SSSR count). The summed E-state index contributed by atoms with van der Waals surface area (Å²) in [6.07, 6.45) is 6.12. The van der Waals surface area contributed by atoms with E-state index in [2.05, 4.69) is 36.0 Å². The highest BCUT2D eigenvalue weighted by Gasteiger charge is 2.08. The number of hydrogen-bond acceptors (Lipinski definition) is 1. The van der Waals surface area contributed by atoms with E-state index in [4.69, 9.17) is 0 Å². The van der Waals surface area contributed by atoms with Crippen molar-refractivity contribution in [3.05, 3.63) is 23.9 Å². The number of H-pyrrole nitrogens is 1. The minimum Gasteiger partial charge on any atom is -0.346 e. The zero-order valence-corrected chi connectivity index (χ0v) is 7.33. The van der Waals surface area contributed by atoms with Gasteiger partial charge in [0.1, 0.15) is 5.82 Å². The van der Waals surface area contributed by atoms with Crippen LogP contribution in [0, 0.1) is 5.92 Å². The molecule has 0 bridgehead atoms. The standard InChI is InChI=1S/C10H12N2/c1-7-5-8(2)9-3-4-11-10(9)12-6-7/h3-7,11H,1-2H3. The van der Waals surface area contributed by atoms with E-state index >= 15 is 0 Å². The van der Waals surface area contributed by atoms with E-state index in [9.17, 15) is 0 Å². The van der Waals surface area contributed by atoms with Crippen LogP contribution in [0.15, 0.2) is 23.3 Å². The monoisotopic (exact) mass is 160 g/mol. The molecule has 1 N–H and O–H groups in total. The minimum atomic E-state index is 0.436. The average molecular weight is 160 g/mol. The normalized spacial score (nSPS) is 21.5. The Bertz CT molecular complexity index is 344. The Morgan fingerprint density at radius 3 is 3.17 bits per heavy atom. The van der Waals surface area contributed by atoms with Crippen molar-refractivity contribution in [3.8, 4) is 0 Å². The van der Waals surface area contributed by atoms with Gasteiger partial charge in [0.15, 0.2) is 0 Å². The summed E-state index contributed by atoms with van der Waals surface area (Å²) >= 11 is 0. The Balaban J connectivity index is 2.55. The SMILES string of the molecule is CC1=CC(C)C=Nc2[nH]ccc21. The molecule has 0 aromatic carbocycles. The van der Waals surface area contributed by atoms with Gasteiger partial charge in [-0.15, -0.1) is 0 Å². The van der Waals surface area contributed by atoms with E-state index in [-0.39, 0.29) is 0 Å². The van der Waals surface area contributed by atoms with Crippen LogP contribution >= 0.6 is 0 Å². The number of aromatic amines is 1. The van der Waals surface area contributed by atoms with Gasteiger partial charge in [0.05, 0.1) is 0 Å². The molecule has 2 heteroatoms. The molecule has 0 saturated carbocycles. The summed E-state index contributed by atoms with van der Waals surface area (Å²) in [6, 6.07) is 2.07. The van der Waals surface area contributed by atoms with Crippen molar-refractivity contribution in [2.24, 2.45) is 10.9 Å². The zero-order chi connectivity index (χ0) is 8.55. The number of aromatic nitrogens is 1. The third-order valence-electron chi connectivity index (χ3n) is 2.10. The Labute approximate surface area is 72.0 Å². The second-order valence-electron chi connectivity index (χ2n) is 3.23. The Kier molecular flexibility index (Phi) is 1.61. The van der Waals surface area contributed by atoms with Crippen LogP contribution in [0.1, 0.15) is 19.4 Å². The molecule has 62 valence electrons. The second-order valence-corrected chi connectivity index (χ2v) is 3.23. The molecule has 1 atom stereocenters. The van der Waals surface area contributed by atoms with Gasteiger partial charge in [-0.25, -0.2) is 4.99 Å². The molecule has 0 radical (unpaired) electrons. The summed E-state index contributed by atoms with van der Waals surface area (Å²) in [6.45, 7) is 4.26. The lowest BCUT2D eigenvalue weighted by Gasteiger charge is -1.97. The Hall–Kier alpha value is -1.31. The van der Waals surface area contributed by atoms with E-state index < -0.39 is 0 Å². The predicted molar refractivity (Wildman–Crippen MR) is 51.8 cm³/mol. The van der Waals surface area contributed by atoms with Crippen LogP contribution in [0.4, 0.5) is 5.82 Å². The van der Waals surface area contributed by atoms with Crippen molar-refractivity contribution in [1.29, 1.82) is 0 Å². The maximum Gasteiger partial charge on any atom is 0.137 e. The molecule has 0 spiro atoms. The van der Waals surface area contributed by atoms with Gasteiger partial charge in [0.25, 0.3) is 0 Å². The summed E-state index contributed by atoms with van der Waals surface area (Å²) in [5, 5.41) is 0. The summed E-state index contributed by atoms with van der Waals surface area (Å²) < 4.78 is 0. The van der Waals surface area contributed by atoms with Gasteiger partial charge in [0.2, 0.25) is 0 Å². The van der Waals surface area contributed by atoms with Gasteiger partial charge in [-0.1, -0.05) is 13.0 Å². The first-order chi connectivity index (χ1) is 5.77. The fourth-order valence-corrected chi connectivity index (χ4v) is 1.50. The lowest BCUT2D eigenvalue weighted by Crippen LogP contribution is -1.88. The first kappa shape index (κ1) is 7.35. The van der Waals surface area contributed by atoms with Gasteiger partial charge in [0, 0.05) is 23.9 Å². The Morgan fingerprint density at radius 1 is 1.50 bits per heavy atom. The molecule has 0 fully saturated rings. The van der Waals surface area contributed by atoms with Gasteiger partial charge in [-0.05, 0) is 18.6 Å². The van der Waals surface area contributed by atoms with Crippen LogP contribution in [-0.2, 0) is 0 Å². The zero-order valence-electron chi connectivity index (χ0n) is 7.33. The van der Waals surface area contributed by atoms with Crippen LogP contribution in [0.25, 0.3) is 5.57 Å². The van der Waals surface area contributed by atoms with Crippen molar-refractivity contribution in [2.75, 3.05) is 0 Å². The lowest BCUT2D eigenvalue weighted by atomic mass is 10.1. The molecule has 0 saturated heterocycles. The van der Waals surface area contributed by atoms with Crippen molar-refractivity contribution < 1.29 is 0 Å². The van der Waals surface area contributed by atoms with Crippen molar-refractivity contribution >= 4 is 17.6 Å². The first-order valence-corrected chi connectivity index (χ1v) is 4.18. The molecule has 1 aromatic rings. The highest BCUT2D eigenvalue weighted by atomic mass is 14.9. The predicted octanol–water partition coefficient (Wildman–Crippen LogP) is 2.77. The third-order valence-corrected chi connectivity index (χ3v) is 2.10. The maximum atomic E-state index is 4.35. The van der Waals surface area contributed by atoms with Crippen LogP contribution in [0.3, 0.4) is 0 Å². The number of hydrogen-bond donors (Lipinski definition) is 1. The van der Waals surface area contributed by atoms with Crippen molar-refractivity contribution in [3.63, 3.8) is 0 Å². The molecular weight excluding hydrogens is 148 g/mol. The molecule has 2 heterocycles.